The summed E-state index contributed by atoms with van der Waals surface area (Å²) in [6, 6.07) is 10.9. The van der Waals surface area contributed by atoms with Crippen LogP contribution in [0.3, 0.4) is 0 Å². The summed E-state index contributed by atoms with van der Waals surface area (Å²) in [5.74, 6) is -0.242. The highest BCUT2D eigenvalue weighted by molar-refractivity contribution is 5.65. The van der Waals surface area contributed by atoms with E-state index >= 15 is 0 Å². The monoisotopic (exact) mass is 296 g/mol. The first kappa shape index (κ1) is 13.3. The lowest BCUT2D eigenvalue weighted by Crippen LogP contribution is -2.43. The van der Waals surface area contributed by atoms with Gasteiger partial charge in [0.2, 0.25) is 0 Å². The van der Waals surface area contributed by atoms with E-state index in [0.717, 1.165) is 31.8 Å². The van der Waals surface area contributed by atoms with E-state index in [2.05, 4.69) is 27.3 Å². The van der Waals surface area contributed by atoms with Gasteiger partial charge in [-0.25, -0.2) is 9.37 Å². The highest BCUT2D eigenvalue weighted by Gasteiger charge is 2.13. The predicted molar refractivity (Wildman–Crippen MR) is 85.7 cm³/mol. The number of benzene rings is 1. The normalized spacial score (nSPS) is 15.4. The fourth-order valence-corrected chi connectivity index (χ4v) is 2.89. The van der Waals surface area contributed by atoms with Crippen LogP contribution in [0, 0.1) is 5.82 Å². The van der Waals surface area contributed by atoms with Crippen molar-refractivity contribution < 1.29 is 4.39 Å². The number of anilines is 1. The third kappa shape index (κ3) is 2.33. The van der Waals surface area contributed by atoms with Gasteiger partial charge in [0.25, 0.3) is 0 Å². The molecule has 0 atom stereocenters. The Bertz CT molecular complexity index is 805. The van der Waals surface area contributed by atoms with Crippen molar-refractivity contribution in [2.24, 2.45) is 0 Å². The molecule has 1 fully saturated rings. The smallest absolute Gasteiger partial charge is 0.139 e. The predicted octanol–water partition coefficient (Wildman–Crippen LogP) is 2.55. The molecule has 5 heteroatoms. The summed E-state index contributed by atoms with van der Waals surface area (Å²) in [6.07, 6.45) is 3.86. The Labute approximate surface area is 128 Å². The molecular weight excluding hydrogens is 279 g/mol. The lowest BCUT2D eigenvalue weighted by molar-refractivity contribution is 0.589. The van der Waals surface area contributed by atoms with Crippen LogP contribution in [0.4, 0.5) is 10.1 Å². The summed E-state index contributed by atoms with van der Waals surface area (Å²) in [5.41, 5.74) is 3.21. The van der Waals surface area contributed by atoms with Crippen LogP contribution in [0.25, 0.3) is 16.9 Å². The lowest BCUT2D eigenvalue weighted by atomic mass is 10.1. The van der Waals surface area contributed by atoms with E-state index < -0.39 is 0 Å². The highest BCUT2D eigenvalue weighted by atomic mass is 19.1. The molecule has 1 aromatic carbocycles. The van der Waals surface area contributed by atoms with Crippen LogP contribution in [-0.4, -0.2) is 35.6 Å². The molecule has 3 heterocycles. The van der Waals surface area contributed by atoms with E-state index in [1.165, 1.54) is 11.8 Å². The van der Waals surface area contributed by atoms with Gasteiger partial charge in [-0.05, 0) is 18.2 Å². The molecule has 1 saturated heterocycles. The van der Waals surface area contributed by atoms with E-state index in [-0.39, 0.29) is 5.82 Å². The van der Waals surface area contributed by atoms with Gasteiger partial charge in [0.1, 0.15) is 11.5 Å². The first-order valence-electron chi connectivity index (χ1n) is 7.50. The summed E-state index contributed by atoms with van der Waals surface area (Å²) in [6.45, 7) is 3.99. The van der Waals surface area contributed by atoms with Gasteiger partial charge in [-0.15, -0.1) is 0 Å². The SMILES string of the molecule is Fc1ccccc1-c1cn2ccc(N3CCNCC3)cc2n1. The fourth-order valence-electron chi connectivity index (χ4n) is 2.89. The Balaban J connectivity index is 1.73. The molecule has 1 N–H and O–H groups in total. The van der Waals surface area contributed by atoms with Crippen molar-refractivity contribution in [3.63, 3.8) is 0 Å². The van der Waals surface area contributed by atoms with Crippen LogP contribution >= 0.6 is 0 Å². The van der Waals surface area contributed by atoms with E-state index in [1.54, 1.807) is 12.1 Å². The Morgan fingerprint density at radius 1 is 1.09 bits per heavy atom. The summed E-state index contributed by atoms with van der Waals surface area (Å²) < 4.78 is 15.8. The zero-order chi connectivity index (χ0) is 14.9. The maximum absolute atomic E-state index is 13.9. The first-order chi connectivity index (χ1) is 10.8. The van der Waals surface area contributed by atoms with Gasteiger partial charge in [-0.2, -0.15) is 0 Å². The zero-order valence-electron chi connectivity index (χ0n) is 12.2. The maximum Gasteiger partial charge on any atom is 0.139 e. The second-order valence-corrected chi connectivity index (χ2v) is 5.49. The van der Waals surface area contributed by atoms with Gasteiger partial charge < -0.3 is 14.6 Å². The van der Waals surface area contributed by atoms with Gasteiger partial charge in [-0.1, -0.05) is 12.1 Å². The van der Waals surface area contributed by atoms with Crippen LogP contribution in [0.2, 0.25) is 0 Å². The average Bonchev–Trinajstić information content (AvgIpc) is 2.99. The second-order valence-electron chi connectivity index (χ2n) is 5.49. The van der Waals surface area contributed by atoms with Gasteiger partial charge >= 0.3 is 0 Å². The van der Waals surface area contributed by atoms with Crippen LogP contribution in [0.5, 0.6) is 0 Å². The van der Waals surface area contributed by atoms with Crippen molar-refractivity contribution in [2.75, 3.05) is 31.1 Å². The molecule has 1 aliphatic heterocycles. The number of halogens is 1. The number of fused-ring (bicyclic) bond motifs is 1. The molecule has 0 bridgehead atoms. The maximum atomic E-state index is 13.9. The molecule has 1 aliphatic rings. The summed E-state index contributed by atoms with van der Waals surface area (Å²) in [7, 11) is 0. The summed E-state index contributed by atoms with van der Waals surface area (Å²) in [4.78, 5) is 6.92. The van der Waals surface area contributed by atoms with Gasteiger partial charge in [0.05, 0.1) is 5.69 Å². The highest BCUT2D eigenvalue weighted by Crippen LogP contribution is 2.24. The molecule has 112 valence electrons. The third-order valence-corrected chi connectivity index (χ3v) is 4.08. The number of imidazole rings is 1. The Morgan fingerprint density at radius 3 is 2.73 bits per heavy atom. The number of rotatable bonds is 2. The van der Waals surface area contributed by atoms with Crippen molar-refractivity contribution in [3.05, 3.63) is 54.6 Å². The topological polar surface area (TPSA) is 32.6 Å². The Hall–Kier alpha value is -2.40. The molecule has 0 aliphatic carbocycles. The summed E-state index contributed by atoms with van der Waals surface area (Å²) in [5, 5.41) is 3.35. The van der Waals surface area contributed by atoms with Crippen LogP contribution in [0.15, 0.2) is 48.8 Å². The van der Waals surface area contributed by atoms with Crippen LogP contribution in [-0.2, 0) is 0 Å². The largest absolute Gasteiger partial charge is 0.369 e. The van der Waals surface area contributed by atoms with E-state index in [9.17, 15) is 4.39 Å². The molecule has 0 spiro atoms. The van der Waals surface area contributed by atoms with Crippen molar-refractivity contribution in [1.29, 1.82) is 0 Å². The second kappa shape index (κ2) is 5.42. The Morgan fingerprint density at radius 2 is 1.91 bits per heavy atom. The number of piperazine rings is 1. The molecular formula is C17H17FN4. The molecule has 3 aromatic rings. The number of nitrogens with zero attached hydrogens (tertiary/aromatic N) is 3. The van der Waals surface area contributed by atoms with Crippen molar-refractivity contribution in [2.45, 2.75) is 0 Å². The number of aromatic nitrogens is 2. The molecule has 0 unspecified atom stereocenters. The molecule has 0 radical (unpaired) electrons. The van der Waals surface area contributed by atoms with Crippen molar-refractivity contribution >= 4 is 11.3 Å². The molecule has 0 saturated carbocycles. The third-order valence-electron chi connectivity index (χ3n) is 4.08. The molecule has 4 rings (SSSR count). The molecule has 22 heavy (non-hydrogen) atoms. The van der Waals surface area contributed by atoms with Crippen LogP contribution < -0.4 is 10.2 Å². The van der Waals surface area contributed by atoms with Gasteiger partial charge in [-0.3, -0.25) is 0 Å². The first-order valence-corrected chi connectivity index (χ1v) is 7.50. The molecule has 2 aromatic heterocycles. The minimum Gasteiger partial charge on any atom is -0.369 e. The Kier molecular flexibility index (Phi) is 3.27. The van der Waals surface area contributed by atoms with E-state index in [0.29, 0.717) is 11.3 Å². The van der Waals surface area contributed by atoms with Crippen LogP contribution in [0.1, 0.15) is 0 Å². The summed E-state index contributed by atoms with van der Waals surface area (Å²) >= 11 is 0. The fraction of sp³-hybridized carbons (Fsp3) is 0.235. The number of nitrogens with one attached hydrogen (secondary N) is 1. The number of pyridine rings is 1. The van der Waals surface area contributed by atoms with Gasteiger partial charge in [0, 0.05) is 55.9 Å². The quantitative estimate of drug-likeness (QED) is 0.789. The van der Waals surface area contributed by atoms with E-state index in [1.807, 2.05) is 22.9 Å². The van der Waals surface area contributed by atoms with E-state index in [4.69, 9.17) is 0 Å². The number of hydrogen-bond donors (Lipinski definition) is 1. The zero-order valence-corrected chi connectivity index (χ0v) is 12.2. The average molecular weight is 296 g/mol. The minimum absolute atomic E-state index is 0.242. The van der Waals surface area contributed by atoms with Crippen molar-refractivity contribution in [3.8, 4) is 11.3 Å². The molecule has 4 nitrogen and oxygen atoms in total. The van der Waals surface area contributed by atoms with Gasteiger partial charge in [0.15, 0.2) is 0 Å². The van der Waals surface area contributed by atoms with Crippen molar-refractivity contribution in [1.82, 2.24) is 14.7 Å². The minimum atomic E-state index is -0.242. The molecule has 0 amide bonds. The lowest BCUT2D eigenvalue weighted by Gasteiger charge is -2.29. The standard InChI is InChI=1S/C17H17FN4/c18-15-4-2-1-3-14(15)16-12-22-8-5-13(11-17(22)20-16)21-9-6-19-7-10-21/h1-5,8,11-12,19H,6-7,9-10H2. The number of hydrogen-bond acceptors (Lipinski definition) is 3.